The Morgan fingerprint density at radius 2 is 1.08 bits per heavy atom. The highest BCUT2D eigenvalue weighted by Crippen LogP contribution is 2.47. The zero-order valence-corrected chi connectivity index (χ0v) is 39.4. The Hall–Kier alpha value is -2.75. The molecule has 0 aromatic heterocycles. The first-order chi connectivity index (χ1) is 30.9. The van der Waals surface area contributed by atoms with Gasteiger partial charge in [0.1, 0.15) is 43.2 Å². The number of hydrogen-bond donors (Lipinski definition) is 6. The summed E-state index contributed by atoms with van der Waals surface area (Å²) in [5.41, 5.74) is 0. The molecule has 5 unspecified atom stereocenters. The van der Waals surface area contributed by atoms with Gasteiger partial charge in [0.05, 0.1) is 18.8 Å². The normalized spacial score (nSPS) is 25.4. The Morgan fingerprint density at radius 3 is 1.69 bits per heavy atom. The van der Waals surface area contributed by atoms with Gasteiger partial charge in [-0.05, 0) is 83.5 Å². The molecule has 64 heavy (non-hydrogen) atoms. The van der Waals surface area contributed by atoms with Gasteiger partial charge in [0.25, 0.3) is 0 Å². The van der Waals surface area contributed by atoms with Crippen molar-refractivity contribution in [2.75, 3.05) is 13.2 Å². The van der Waals surface area contributed by atoms with Crippen LogP contribution in [-0.4, -0.2) is 111 Å². The molecule has 0 aromatic rings. The lowest BCUT2D eigenvalue weighted by Gasteiger charge is -2.41. The molecule has 10 atom stereocenters. The van der Waals surface area contributed by atoms with Gasteiger partial charge in [-0.3, -0.25) is 18.6 Å². The van der Waals surface area contributed by atoms with Crippen LogP contribution in [0.4, 0.5) is 0 Å². The number of aliphatic hydroxyl groups is 5. The lowest BCUT2D eigenvalue weighted by Crippen LogP contribution is -2.64. The molecule has 2 fully saturated rings. The molecule has 2 rings (SSSR count). The number of allylic oxidation sites excluding steroid dienone is 11. The number of epoxide rings is 1. The van der Waals surface area contributed by atoms with E-state index in [2.05, 4.69) is 86.8 Å². The second-order valence-corrected chi connectivity index (χ2v) is 18.0. The number of ether oxygens (including phenoxy) is 3. The number of rotatable bonds is 37. The zero-order valence-electron chi connectivity index (χ0n) is 38.5. The van der Waals surface area contributed by atoms with E-state index in [4.69, 9.17) is 23.3 Å². The molecule has 366 valence electrons. The van der Waals surface area contributed by atoms with Crippen LogP contribution in [0.5, 0.6) is 0 Å². The Morgan fingerprint density at radius 1 is 0.578 bits per heavy atom. The van der Waals surface area contributed by atoms with Crippen molar-refractivity contribution in [3.05, 3.63) is 72.9 Å². The molecule has 15 heteroatoms. The van der Waals surface area contributed by atoms with Crippen LogP contribution >= 0.6 is 7.82 Å². The molecule has 1 heterocycles. The highest BCUT2D eigenvalue weighted by atomic mass is 31.2. The maximum Gasteiger partial charge on any atom is 0.472 e. The largest absolute Gasteiger partial charge is 0.472 e. The summed E-state index contributed by atoms with van der Waals surface area (Å²) in [5, 5.41) is 50.2. The fraction of sp³-hybridized carbons (Fsp3) is 0.714. The van der Waals surface area contributed by atoms with Crippen molar-refractivity contribution in [2.24, 2.45) is 0 Å². The van der Waals surface area contributed by atoms with Gasteiger partial charge in [-0.15, -0.1) is 0 Å². The van der Waals surface area contributed by atoms with E-state index in [-0.39, 0.29) is 12.8 Å². The van der Waals surface area contributed by atoms with Crippen molar-refractivity contribution in [1.82, 2.24) is 0 Å². The second kappa shape index (κ2) is 35.4. The third kappa shape index (κ3) is 27.0. The van der Waals surface area contributed by atoms with Crippen LogP contribution in [0.25, 0.3) is 0 Å². The van der Waals surface area contributed by atoms with Gasteiger partial charge in [-0.2, -0.15) is 0 Å². The van der Waals surface area contributed by atoms with Crippen molar-refractivity contribution in [3.63, 3.8) is 0 Å². The van der Waals surface area contributed by atoms with E-state index in [1.165, 1.54) is 19.3 Å². The summed E-state index contributed by atoms with van der Waals surface area (Å²) < 4.78 is 39.3. The van der Waals surface area contributed by atoms with Gasteiger partial charge in [0.15, 0.2) is 6.10 Å². The molecule has 1 saturated carbocycles. The smallest absolute Gasteiger partial charge is 0.462 e. The fourth-order valence-corrected chi connectivity index (χ4v) is 8.00. The molecule has 0 spiro atoms. The lowest BCUT2D eigenvalue weighted by atomic mass is 9.85. The maximum absolute atomic E-state index is 12.8. The minimum atomic E-state index is -5.14. The lowest BCUT2D eigenvalue weighted by molar-refractivity contribution is -0.220. The summed E-state index contributed by atoms with van der Waals surface area (Å²) in [6.45, 7) is 3.10. The summed E-state index contributed by atoms with van der Waals surface area (Å²) in [6.07, 6.45) is 32.5. The molecule has 2 aliphatic rings. The Labute approximate surface area is 382 Å². The summed E-state index contributed by atoms with van der Waals surface area (Å²) in [7, 11) is -5.14. The SMILES string of the molecule is CC/C=C\C/C=C\C/C=C\C/C=C\C/C=C\CCCCCC(=O)OC[C@H](COP(=O)(O)OC1[C@H](O)[C@H](O)C(O)[C@H](O)[C@H]1O)OC(=O)CCCCCCCC1OC1C/C=C\CCCCC. The number of esters is 2. The first-order valence-electron chi connectivity index (χ1n) is 23.9. The monoisotopic (exact) mass is 925 g/mol. The molecular weight excluding hydrogens is 843 g/mol. The molecule has 0 bridgehead atoms. The number of carbonyl (C=O) groups is 2. The standard InChI is InChI=1S/C49H81O14P/c1-3-5-7-9-11-12-13-14-15-16-17-18-19-20-21-22-23-27-31-35-42(50)59-37-39(38-60-64(57,58)63-49-47(55)45(53)44(52)46(54)48(49)56)61-43(51)36-32-28-24-26-30-34-41-40(62-41)33-29-25-10-8-6-4-2/h5,7,11-12,14-15,17-18,20-21,25,29,39-41,44-49,52-56H,3-4,6,8-10,13,16,19,22-24,26-28,30-38H2,1-2H3,(H,57,58)/b7-5-,12-11-,15-14-,18-17-,21-20-,29-25-/t39-,40?,41?,44?,45-,46+,47-,48-,49?/m1/s1. The van der Waals surface area contributed by atoms with Crippen molar-refractivity contribution in [2.45, 2.75) is 210 Å². The van der Waals surface area contributed by atoms with E-state index in [1.54, 1.807) is 0 Å². The quantitative estimate of drug-likeness (QED) is 0.0113. The number of carbonyl (C=O) groups excluding carboxylic acids is 2. The van der Waals surface area contributed by atoms with Crippen LogP contribution in [0.2, 0.25) is 0 Å². The molecule has 0 amide bonds. The molecule has 1 aliphatic heterocycles. The third-order valence-electron chi connectivity index (χ3n) is 11.0. The van der Waals surface area contributed by atoms with Crippen LogP contribution in [0.15, 0.2) is 72.9 Å². The van der Waals surface area contributed by atoms with E-state index < -0.39 is 75.7 Å². The predicted octanol–water partition coefficient (Wildman–Crippen LogP) is 8.49. The molecular formula is C49H81O14P. The highest BCUT2D eigenvalue weighted by Gasteiger charge is 2.51. The van der Waals surface area contributed by atoms with Gasteiger partial charge < -0.3 is 44.6 Å². The molecule has 0 radical (unpaired) electrons. The van der Waals surface area contributed by atoms with Crippen LogP contribution in [0, 0.1) is 0 Å². The van der Waals surface area contributed by atoms with Gasteiger partial charge in [0.2, 0.25) is 0 Å². The minimum Gasteiger partial charge on any atom is -0.462 e. The first kappa shape index (κ1) is 57.4. The van der Waals surface area contributed by atoms with Crippen molar-refractivity contribution in [1.29, 1.82) is 0 Å². The van der Waals surface area contributed by atoms with Crippen LogP contribution in [0.3, 0.4) is 0 Å². The highest BCUT2D eigenvalue weighted by molar-refractivity contribution is 7.47. The minimum absolute atomic E-state index is 0.0621. The molecule has 6 N–H and O–H groups in total. The van der Waals surface area contributed by atoms with Crippen molar-refractivity contribution in [3.8, 4) is 0 Å². The van der Waals surface area contributed by atoms with Crippen LogP contribution in [-0.2, 0) is 37.4 Å². The number of aliphatic hydroxyl groups excluding tert-OH is 5. The fourth-order valence-electron chi connectivity index (χ4n) is 7.02. The summed E-state index contributed by atoms with van der Waals surface area (Å²) >= 11 is 0. The first-order valence-corrected chi connectivity index (χ1v) is 25.4. The summed E-state index contributed by atoms with van der Waals surface area (Å²) in [5.74, 6) is -1.17. The van der Waals surface area contributed by atoms with Crippen molar-refractivity contribution >= 4 is 19.8 Å². The van der Waals surface area contributed by atoms with Gasteiger partial charge in [-0.25, -0.2) is 4.57 Å². The second-order valence-electron chi connectivity index (χ2n) is 16.6. The Balaban J connectivity index is 1.72. The molecule has 0 aromatic carbocycles. The number of phosphoric acid groups is 1. The van der Waals surface area contributed by atoms with Crippen LogP contribution < -0.4 is 0 Å². The Kier molecular flexibility index (Phi) is 31.8. The number of hydrogen-bond acceptors (Lipinski definition) is 13. The third-order valence-corrected chi connectivity index (χ3v) is 11.9. The average Bonchev–Trinajstić information content (AvgIpc) is 4.03. The van der Waals surface area contributed by atoms with E-state index in [0.29, 0.717) is 25.0 Å². The van der Waals surface area contributed by atoms with E-state index >= 15 is 0 Å². The van der Waals surface area contributed by atoms with Gasteiger partial charge in [-0.1, -0.05) is 132 Å². The topological polar surface area (TPSA) is 222 Å². The van der Waals surface area contributed by atoms with E-state index in [1.807, 2.05) is 0 Å². The summed E-state index contributed by atoms with van der Waals surface area (Å²) in [4.78, 5) is 35.8. The maximum atomic E-state index is 12.8. The molecule has 1 saturated heterocycles. The molecule has 14 nitrogen and oxygen atoms in total. The van der Waals surface area contributed by atoms with E-state index in [9.17, 15) is 44.6 Å². The van der Waals surface area contributed by atoms with Gasteiger partial charge >= 0.3 is 19.8 Å². The van der Waals surface area contributed by atoms with Crippen molar-refractivity contribution < 1.29 is 67.8 Å². The predicted molar refractivity (Wildman–Crippen MR) is 248 cm³/mol. The molecule has 1 aliphatic carbocycles. The zero-order chi connectivity index (χ0) is 46.8. The number of unbranched alkanes of at least 4 members (excludes halogenated alkanes) is 10. The number of phosphoric ester groups is 1. The van der Waals surface area contributed by atoms with E-state index in [0.717, 1.165) is 96.3 Å². The average molecular weight is 925 g/mol. The van der Waals surface area contributed by atoms with Gasteiger partial charge in [0, 0.05) is 12.8 Å². The summed E-state index contributed by atoms with van der Waals surface area (Å²) in [6, 6.07) is 0. The van der Waals surface area contributed by atoms with Crippen LogP contribution in [0.1, 0.15) is 155 Å². The Bertz CT molecular complexity index is 1460.